The maximum Gasteiger partial charge on any atom is 0.111 e. The highest BCUT2D eigenvalue weighted by Crippen LogP contribution is 2.03. The third-order valence-corrected chi connectivity index (χ3v) is 1.57. The summed E-state index contributed by atoms with van der Waals surface area (Å²) in [6.07, 6.45) is -5.91. The number of aliphatic hydroxyl groups excluding tert-OH is 5. The van der Waals surface area contributed by atoms with Crippen molar-refractivity contribution in [3.63, 3.8) is 0 Å². The van der Waals surface area contributed by atoms with Gasteiger partial charge in [-0.2, -0.15) is 0 Å². The second kappa shape index (κ2) is 7.45. The van der Waals surface area contributed by atoms with Crippen LogP contribution in [0, 0.1) is 0 Å². The Morgan fingerprint density at radius 1 is 0.923 bits per heavy atom. The molecule has 0 aromatic carbocycles. The van der Waals surface area contributed by atoms with Crippen LogP contribution in [0.2, 0.25) is 0 Å². The van der Waals surface area contributed by atoms with Crippen LogP contribution in [-0.2, 0) is 0 Å². The smallest absolute Gasteiger partial charge is 0.111 e. The summed E-state index contributed by atoms with van der Waals surface area (Å²) in [5, 5.41) is 44.2. The number of halogens is 1. The van der Waals surface area contributed by atoms with Crippen molar-refractivity contribution in [1.29, 1.82) is 0 Å². The van der Waals surface area contributed by atoms with Gasteiger partial charge in [0.05, 0.1) is 12.7 Å². The highest BCUT2D eigenvalue weighted by atomic mass is 35.5. The fourth-order valence-electron chi connectivity index (χ4n) is 0.703. The van der Waals surface area contributed by atoms with Crippen LogP contribution in [0.25, 0.3) is 0 Å². The normalized spacial score (nSPS) is 19.8. The number of hydrogen-bond donors (Lipinski definition) is 6. The Bertz CT molecular complexity index is 114. The van der Waals surface area contributed by atoms with Crippen molar-refractivity contribution in [3.05, 3.63) is 0 Å². The van der Waals surface area contributed by atoms with Gasteiger partial charge in [0.15, 0.2) is 0 Å². The van der Waals surface area contributed by atoms with Gasteiger partial charge in [-0.15, -0.1) is 12.4 Å². The first-order valence-corrected chi connectivity index (χ1v) is 3.57. The van der Waals surface area contributed by atoms with Crippen LogP contribution >= 0.6 is 12.4 Å². The quantitative estimate of drug-likeness (QED) is 0.288. The number of hydrogen-bond acceptors (Lipinski definition) is 6. The molecule has 0 aliphatic carbocycles. The summed E-state index contributed by atoms with van der Waals surface area (Å²) in [5.41, 5.74) is 4.99. The third-order valence-electron chi connectivity index (χ3n) is 1.57. The Kier molecular flexibility index (Phi) is 8.90. The zero-order valence-corrected chi connectivity index (χ0v) is 7.76. The minimum Gasteiger partial charge on any atom is -0.394 e. The van der Waals surface area contributed by atoms with Crippen LogP contribution in [0.15, 0.2) is 0 Å². The Morgan fingerprint density at radius 3 is 1.62 bits per heavy atom. The first-order valence-electron chi connectivity index (χ1n) is 3.57. The van der Waals surface area contributed by atoms with Gasteiger partial charge in [-0.1, -0.05) is 0 Å². The zero-order valence-electron chi connectivity index (χ0n) is 6.95. The maximum absolute atomic E-state index is 9.04. The molecule has 0 radical (unpaired) electrons. The van der Waals surface area contributed by atoms with Crippen molar-refractivity contribution in [1.82, 2.24) is 0 Å². The van der Waals surface area contributed by atoms with Crippen molar-refractivity contribution in [2.75, 3.05) is 13.2 Å². The summed E-state index contributed by atoms with van der Waals surface area (Å²) >= 11 is 0. The van der Waals surface area contributed by atoms with E-state index in [1.807, 2.05) is 0 Å². The van der Waals surface area contributed by atoms with Crippen molar-refractivity contribution in [3.8, 4) is 0 Å². The Labute approximate surface area is 82.0 Å². The van der Waals surface area contributed by atoms with Crippen molar-refractivity contribution < 1.29 is 25.5 Å². The molecule has 0 aliphatic rings. The summed E-state index contributed by atoms with van der Waals surface area (Å²) in [4.78, 5) is 0. The molecule has 0 heterocycles. The molecule has 0 amide bonds. The maximum atomic E-state index is 9.04. The van der Waals surface area contributed by atoms with Gasteiger partial charge in [-0.25, -0.2) is 0 Å². The Hall–Kier alpha value is 0.0500. The number of rotatable bonds is 5. The third kappa shape index (κ3) is 4.72. The number of aliphatic hydroxyl groups is 5. The first-order chi connectivity index (χ1) is 5.54. The number of nitrogens with two attached hydrogens (primary N) is 1. The minimum atomic E-state index is -1.59. The van der Waals surface area contributed by atoms with E-state index in [4.69, 9.17) is 31.3 Å². The van der Waals surface area contributed by atoms with Gasteiger partial charge in [0.2, 0.25) is 0 Å². The predicted octanol–water partition coefficient (Wildman–Crippen LogP) is -3.20. The first kappa shape index (κ1) is 15.5. The van der Waals surface area contributed by atoms with Crippen LogP contribution in [-0.4, -0.2) is 63.1 Å². The van der Waals surface area contributed by atoms with Gasteiger partial charge < -0.3 is 31.3 Å². The fourth-order valence-corrected chi connectivity index (χ4v) is 0.703. The largest absolute Gasteiger partial charge is 0.394 e. The molecule has 0 aromatic rings. The molecule has 0 spiro atoms. The topological polar surface area (TPSA) is 127 Å². The molecule has 4 atom stereocenters. The van der Waals surface area contributed by atoms with Crippen LogP contribution < -0.4 is 5.73 Å². The van der Waals surface area contributed by atoms with E-state index < -0.39 is 31.0 Å². The molecule has 0 rings (SSSR count). The van der Waals surface area contributed by atoms with Gasteiger partial charge >= 0.3 is 0 Å². The SMILES string of the molecule is Cl.NC[C@@H](O)[C@H](O)[C@H](O)[C@@H](O)CO. The molecule has 0 unspecified atom stereocenters. The molecule has 0 saturated carbocycles. The second-order valence-corrected chi connectivity index (χ2v) is 2.53. The van der Waals surface area contributed by atoms with E-state index in [2.05, 4.69) is 0 Å². The van der Waals surface area contributed by atoms with Gasteiger partial charge in [-0.3, -0.25) is 0 Å². The molecule has 7 heteroatoms. The predicted molar refractivity (Wildman–Crippen MR) is 47.4 cm³/mol. The standard InChI is InChI=1S/C6H15NO5.ClH/c7-1-3(9)5(11)6(12)4(10)2-8;/h3-6,8-12H,1-2,7H2;1H/t3-,4+,5+,6-;/m1./s1. The zero-order chi connectivity index (χ0) is 9.72. The van der Waals surface area contributed by atoms with Gasteiger partial charge in [0.25, 0.3) is 0 Å². The Morgan fingerprint density at radius 2 is 1.31 bits per heavy atom. The van der Waals surface area contributed by atoms with Crippen molar-refractivity contribution >= 4 is 12.4 Å². The molecule has 7 N–H and O–H groups in total. The average molecular weight is 218 g/mol. The molecule has 0 bridgehead atoms. The summed E-state index contributed by atoms with van der Waals surface area (Å²) in [5.74, 6) is 0. The van der Waals surface area contributed by atoms with Crippen molar-refractivity contribution in [2.24, 2.45) is 5.73 Å². The fraction of sp³-hybridized carbons (Fsp3) is 1.00. The highest BCUT2D eigenvalue weighted by molar-refractivity contribution is 5.85. The monoisotopic (exact) mass is 217 g/mol. The molecule has 0 aliphatic heterocycles. The molecule has 0 saturated heterocycles. The van der Waals surface area contributed by atoms with Crippen LogP contribution in [0.4, 0.5) is 0 Å². The van der Waals surface area contributed by atoms with E-state index in [-0.39, 0.29) is 19.0 Å². The van der Waals surface area contributed by atoms with Gasteiger partial charge in [0, 0.05) is 6.54 Å². The lowest BCUT2D eigenvalue weighted by atomic mass is 10.0. The van der Waals surface area contributed by atoms with Crippen molar-refractivity contribution in [2.45, 2.75) is 24.4 Å². The molecule has 6 nitrogen and oxygen atoms in total. The minimum absolute atomic E-state index is 0. The van der Waals surface area contributed by atoms with E-state index in [9.17, 15) is 0 Å². The molecular formula is C6H16ClNO5. The molecular weight excluding hydrogens is 202 g/mol. The lowest BCUT2D eigenvalue weighted by Crippen LogP contribution is -2.48. The van der Waals surface area contributed by atoms with Gasteiger partial charge in [-0.05, 0) is 0 Å². The lowest BCUT2D eigenvalue weighted by Gasteiger charge is -2.24. The molecule has 13 heavy (non-hydrogen) atoms. The van der Waals surface area contributed by atoms with Crippen LogP contribution in [0.1, 0.15) is 0 Å². The van der Waals surface area contributed by atoms with Crippen LogP contribution in [0.5, 0.6) is 0 Å². The Balaban J connectivity index is 0. The van der Waals surface area contributed by atoms with E-state index in [0.717, 1.165) is 0 Å². The van der Waals surface area contributed by atoms with Crippen LogP contribution in [0.3, 0.4) is 0 Å². The summed E-state index contributed by atoms with van der Waals surface area (Å²) in [6.45, 7) is -0.911. The van der Waals surface area contributed by atoms with E-state index in [1.165, 1.54) is 0 Å². The van der Waals surface area contributed by atoms with E-state index >= 15 is 0 Å². The summed E-state index contributed by atoms with van der Waals surface area (Å²) in [7, 11) is 0. The lowest BCUT2D eigenvalue weighted by molar-refractivity contribution is -0.112. The summed E-state index contributed by atoms with van der Waals surface area (Å²) in [6, 6.07) is 0. The van der Waals surface area contributed by atoms with Gasteiger partial charge in [0.1, 0.15) is 18.3 Å². The molecule has 0 aromatic heterocycles. The highest BCUT2D eigenvalue weighted by Gasteiger charge is 2.28. The second-order valence-electron chi connectivity index (χ2n) is 2.53. The summed E-state index contributed by atoms with van der Waals surface area (Å²) < 4.78 is 0. The average Bonchev–Trinajstić information content (AvgIpc) is 2.12. The molecule has 0 fully saturated rings. The van der Waals surface area contributed by atoms with E-state index in [1.54, 1.807) is 0 Å². The van der Waals surface area contributed by atoms with E-state index in [0.29, 0.717) is 0 Å². The molecule has 82 valence electrons.